The van der Waals surface area contributed by atoms with Crippen molar-refractivity contribution in [2.45, 2.75) is 43.8 Å². The molecular weight excluding hydrogens is 246 g/mol. The van der Waals surface area contributed by atoms with Crippen LogP contribution in [0.4, 0.5) is 5.69 Å². The Balaban J connectivity index is 1.49. The molecule has 0 spiro atoms. The predicted octanol–water partition coefficient (Wildman–Crippen LogP) is 2.19. The molecule has 4 rings (SSSR count). The Morgan fingerprint density at radius 2 is 1.90 bits per heavy atom. The molecule has 3 heterocycles. The van der Waals surface area contributed by atoms with Crippen molar-refractivity contribution in [1.82, 2.24) is 9.80 Å². The minimum atomic E-state index is 0.678. The summed E-state index contributed by atoms with van der Waals surface area (Å²) in [5.41, 5.74) is 2.84. The fraction of sp³-hybridized carbons (Fsp3) is 0.647. The number of fused-ring (bicyclic) bond motifs is 3. The van der Waals surface area contributed by atoms with Gasteiger partial charge in [0.25, 0.3) is 0 Å². The average Bonchev–Trinajstić information content (AvgIpc) is 2.72. The zero-order valence-corrected chi connectivity index (χ0v) is 12.4. The summed E-state index contributed by atoms with van der Waals surface area (Å²) in [5, 5.41) is 3.63. The third-order valence-electron chi connectivity index (χ3n) is 5.70. The Morgan fingerprint density at radius 1 is 1.05 bits per heavy atom. The Kier molecular flexibility index (Phi) is 3.20. The van der Waals surface area contributed by atoms with Crippen LogP contribution in [-0.2, 0) is 6.42 Å². The van der Waals surface area contributed by atoms with E-state index in [0.29, 0.717) is 6.04 Å². The van der Waals surface area contributed by atoms with Crippen LogP contribution in [0.15, 0.2) is 24.3 Å². The highest BCUT2D eigenvalue weighted by atomic mass is 15.3. The number of likely N-dealkylation sites (N-methyl/N-ethyl adjacent to an activating group) is 1. The molecule has 20 heavy (non-hydrogen) atoms. The van der Waals surface area contributed by atoms with Gasteiger partial charge in [0.15, 0.2) is 0 Å². The number of benzene rings is 1. The van der Waals surface area contributed by atoms with Crippen molar-refractivity contribution in [2.75, 3.05) is 32.0 Å². The minimum absolute atomic E-state index is 0.678. The Morgan fingerprint density at radius 3 is 2.85 bits per heavy atom. The first kappa shape index (κ1) is 12.7. The molecule has 3 nitrogen and oxygen atoms in total. The monoisotopic (exact) mass is 271 g/mol. The smallest absolute Gasteiger partial charge is 0.0373 e. The van der Waals surface area contributed by atoms with Crippen LogP contribution in [-0.4, -0.2) is 54.6 Å². The van der Waals surface area contributed by atoms with Gasteiger partial charge in [0.05, 0.1) is 0 Å². The third-order valence-corrected chi connectivity index (χ3v) is 5.70. The highest BCUT2D eigenvalue weighted by Gasteiger charge is 2.37. The van der Waals surface area contributed by atoms with E-state index in [1.54, 1.807) is 0 Å². The Hall–Kier alpha value is -1.06. The van der Waals surface area contributed by atoms with E-state index >= 15 is 0 Å². The summed E-state index contributed by atoms with van der Waals surface area (Å²) in [6.45, 7) is 3.65. The van der Waals surface area contributed by atoms with Crippen LogP contribution in [0.3, 0.4) is 0 Å². The van der Waals surface area contributed by atoms with Gasteiger partial charge in [0.1, 0.15) is 0 Å². The van der Waals surface area contributed by atoms with E-state index in [4.69, 9.17) is 0 Å². The summed E-state index contributed by atoms with van der Waals surface area (Å²) in [6, 6.07) is 11.1. The lowest BCUT2D eigenvalue weighted by molar-refractivity contribution is 0.174. The lowest BCUT2D eigenvalue weighted by atomic mass is 9.97. The number of anilines is 1. The SMILES string of the molecule is CN1C2CCC1CN(C1CNc3ccccc3C1)CC2. The van der Waals surface area contributed by atoms with Gasteiger partial charge in [-0.25, -0.2) is 0 Å². The van der Waals surface area contributed by atoms with Crippen LogP contribution in [0, 0.1) is 0 Å². The molecule has 0 saturated carbocycles. The minimum Gasteiger partial charge on any atom is -0.383 e. The van der Waals surface area contributed by atoms with Crippen LogP contribution < -0.4 is 5.32 Å². The lowest BCUT2D eigenvalue weighted by Gasteiger charge is -2.36. The first-order valence-corrected chi connectivity index (χ1v) is 8.09. The highest BCUT2D eigenvalue weighted by molar-refractivity contribution is 5.53. The summed E-state index contributed by atoms with van der Waals surface area (Å²) in [4.78, 5) is 5.40. The number of hydrogen-bond acceptors (Lipinski definition) is 3. The van der Waals surface area contributed by atoms with E-state index < -0.39 is 0 Å². The van der Waals surface area contributed by atoms with Crippen LogP contribution in [0.1, 0.15) is 24.8 Å². The largest absolute Gasteiger partial charge is 0.383 e. The van der Waals surface area contributed by atoms with Crippen LogP contribution in [0.5, 0.6) is 0 Å². The molecule has 0 aliphatic carbocycles. The topological polar surface area (TPSA) is 18.5 Å². The second-order valence-electron chi connectivity index (χ2n) is 6.73. The Bertz CT molecular complexity index is 487. The number of para-hydroxylation sites is 1. The van der Waals surface area contributed by atoms with Gasteiger partial charge in [-0.05, 0) is 44.4 Å². The maximum Gasteiger partial charge on any atom is 0.0373 e. The molecule has 2 fully saturated rings. The van der Waals surface area contributed by atoms with Gasteiger partial charge in [-0.3, -0.25) is 9.80 Å². The van der Waals surface area contributed by atoms with Crippen molar-refractivity contribution >= 4 is 5.69 Å². The van der Waals surface area contributed by atoms with Crippen molar-refractivity contribution in [2.24, 2.45) is 0 Å². The molecule has 0 amide bonds. The van der Waals surface area contributed by atoms with Crippen molar-refractivity contribution in [3.63, 3.8) is 0 Å². The molecule has 1 aromatic carbocycles. The second kappa shape index (κ2) is 5.05. The predicted molar refractivity (Wildman–Crippen MR) is 83.2 cm³/mol. The van der Waals surface area contributed by atoms with Gasteiger partial charge in [-0.15, -0.1) is 0 Å². The number of nitrogens with one attached hydrogen (secondary N) is 1. The molecule has 1 N–H and O–H groups in total. The van der Waals surface area contributed by atoms with Gasteiger partial charge in [-0.1, -0.05) is 18.2 Å². The van der Waals surface area contributed by atoms with E-state index in [1.807, 2.05) is 0 Å². The van der Waals surface area contributed by atoms with Gasteiger partial charge >= 0.3 is 0 Å². The molecule has 3 aliphatic heterocycles. The van der Waals surface area contributed by atoms with Gasteiger partial charge < -0.3 is 5.32 Å². The van der Waals surface area contributed by atoms with Crippen molar-refractivity contribution < 1.29 is 0 Å². The van der Waals surface area contributed by atoms with Crippen molar-refractivity contribution in [3.8, 4) is 0 Å². The molecule has 3 heteroatoms. The number of nitrogens with zero attached hydrogens (tertiary/aromatic N) is 2. The lowest BCUT2D eigenvalue weighted by Crippen LogP contribution is -2.47. The van der Waals surface area contributed by atoms with Crippen molar-refractivity contribution in [1.29, 1.82) is 0 Å². The molecule has 0 radical (unpaired) electrons. The first-order chi connectivity index (χ1) is 9.81. The molecule has 0 aromatic heterocycles. The summed E-state index contributed by atoms with van der Waals surface area (Å²) in [7, 11) is 2.33. The zero-order chi connectivity index (χ0) is 13.5. The summed E-state index contributed by atoms with van der Waals surface area (Å²) < 4.78 is 0. The molecule has 3 unspecified atom stereocenters. The van der Waals surface area contributed by atoms with Gasteiger partial charge in [-0.2, -0.15) is 0 Å². The van der Waals surface area contributed by atoms with Crippen LogP contribution >= 0.6 is 0 Å². The third kappa shape index (κ3) is 2.13. The molecule has 3 aliphatic rings. The standard InChI is InChI=1S/C17H25N3/c1-19-14-6-7-15(19)12-20(9-8-14)16-10-13-4-2-3-5-17(13)18-11-16/h2-5,14-16,18H,6-12H2,1H3. The molecular formula is C17H25N3. The summed E-state index contributed by atoms with van der Waals surface area (Å²) >= 11 is 0. The first-order valence-electron chi connectivity index (χ1n) is 8.09. The Labute approximate surface area is 121 Å². The van der Waals surface area contributed by atoms with E-state index in [2.05, 4.69) is 46.4 Å². The number of hydrogen-bond donors (Lipinski definition) is 1. The zero-order valence-electron chi connectivity index (χ0n) is 12.4. The van der Waals surface area contributed by atoms with E-state index in [0.717, 1.165) is 18.6 Å². The molecule has 3 atom stereocenters. The molecule has 2 bridgehead atoms. The summed E-state index contributed by atoms with van der Waals surface area (Å²) in [5.74, 6) is 0. The average molecular weight is 271 g/mol. The normalized spacial score (nSPS) is 34.4. The second-order valence-corrected chi connectivity index (χ2v) is 6.73. The van der Waals surface area contributed by atoms with Crippen molar-refractivity contribution in [3.05, 3.63) is 29.8 Å². The molecule has 108 valence electrons. The number of likely N-dealkylation sites (tertiary alicyclic amines) is 1. The number of rotatable bonds is 1. The summed E-state index contributed by atoms with van der Waals surface area (Å²) in [6.07, 6.45) is 5.38. The van der Waals surface area contributed by atoms with E-state index in [-0.39, 0.29) is 0 Å². The quantitative estimate of drug-likeness (QED) is 0.845. The maximum absolute atomic E-state index is 3.63. The maximum atomic E-state index is 3.63. The van der Waals surface area contributed by atoms with Gasteiger partial charge in [0, 0.05) is 43.4 Å². The van der Waals surface area contributed by atoms with Crippen LogP contribution in [0.2, 0.25) is 0 Å². The molecule has 2 saturated heterocycles. The highest BCUT2D eigenvalue weighted by Crippen LogP contribution is 2.31. The fourth-order valence-corrected chi connectivity index (χ4v) is 4.35. The van der Waals surface area contributed by atoms with Crippen LogP contribution in [0.25, 0.3) is 0 Å². The van der Waals surface area contributed by atoms with E-state index in [9.17, 15) is 0 Å². The molecule has 1 aromatic rings. The van der Waals surface area contributed by atoms with Gasteiger partial charge in [0.2, 0.25) is 0 Å². The van der Waals surface area contributed by atoms with E-state index in [1.165, 1.54) is 50.0 Å². The fourth-order valence-electron chi connectivity index (χ4n) is 4.35.